The van der Waals surface area contributed by atoms with Crippen molar-refractivity contribution in [3.63, 3.8) is 0 Å². The summed E-state index contributed by atoms with van der Waals surface area (Å²) in [6.07, 6.45) is 0. The fourth-order valence-electron chi connectivity index (χ4n) is 2.16. The molecule has 9 heteroatoms. The minimum absolute atomic E-state index is 0.0253. The largest absolute Gasteiger partial charge is 0.495 e. The predicted molar refractivity (Wildman–Crippen MR) is 93.3 cm³/mol. The molecule has 0 spiro atoms. The molecule has 1 heterocycles. The number of nitrogens with one attached hydrogen (secondary N) is 1. The van der Waals surface area contributed by atoms with E-state index in [9.17, 15) is 8.42 Å². The third-order valence-electron chi connectivity index (χ3n) is 3.32. The summed E-state index contributed by atoms with van der Waals surface area (Å²) in [7, 11) is -2.35. The van der Waals surface area contributed by atoms with E-state index in [1.807, 2.05) is 0 Å². The van der Waals surface area contributed by atoms with E-state index in [4.69, 9.17) is 20.9 Å². The Labute approximate surface area is 149 Å². The van der Waals surface area contributed by atoms with Gasteiger partial charge in [-0.15, -0.1) is 0 Å². The molecule has 0 aliphatic heterocycles. The van der Waals surface area contributed by atoms with Crippen molar-refractivity contribution >= 4 is 27.3 Å². The van der Waals surface area contributed by atoms with E-state index in [2.05, 4.69) is 14.9 Å². The minimum Gasteiger partial charge on any atom is -0.495 e. The molecule has 0 fully saturated rings. The highest BCUT2D eigenvalue weighted by atomic mass is 35.5. The van der Waals surface area contributed by atoms with Gasteiger partial charge in [-0.3, -0.25) is 4.72 Å². The predicted octanol–water partition coefficient (Wildman–Crippen LogP) is 3.51. The van der Waals surface area contributed by atoms with Gasteiger partial charge in [0.05, 0.1) is 17.0 Å². The lowest BCUT2D eigenvalue weighted by Gasteiger charge is -2.10. The standard InChI is InChI=1S/C16H14ClN3O4S/c1-10-18-16(24-19-10)11-4-3-5-12(8-11)20-25(21,22)13-6-7-15(23-2)14(17)9-13/h3-9,20H,1-2H3. The monoisotopic (exact) mass is 379 g/mol. The summed E-state index contributed by atoms with van der Waals surface area (Å²) in [4.78, 5) is 4.15. The Morgan fingerprint density at radius 1 is 1.20 bits per heavy atom. The molecule has 0 unspecified atom stereocenters. The Morgan fingerprint density at radius 2 is 2.00 bits per heavy atom. The molecule has 0 aliphatic carbocycles. The average molecular weight is 380 g/mol. The highest BCUT2D eigenvalue weighted by Crippen LogP contribution is 2.28. The Bertz CT molecular complexity index is 1020. The zero-order chi connectivity index (χ0) is 18.0. The second-order valence-corrected chi connectivity index (χ2v) is 7.22. The Hall–Kier alpha value is -2.58. The second-order valence-electron chi connectivity index (χ2n) is 5.13. The SMILES string of the molecule is COc1ccc(S(=O)(=O)Nc2cccc(-c3nc(C)no3)c2)cc1Cl. The van der Waals surface area contributed by atoms with Crippen molar-refractivity contribution < 1.29 is 17.7 Å². The lowest BCUT2D eigenvalue weighted by atomic mass is 10.2. The van der Waals surface area contributed by atoms with Gasteiger partial charge < -0.3 is 9.26 Å². The van der Waals surface area contributed by atoms with Crippen molar-refractivity contribution in [1.29, 1.82) is 0 Å². The average Bonchev–Trinajstić information content (AvgIpc) is 3.01. The lowest BCUT2D eigenvalue weighted by molar-refractivity contribution is 0.414. The van der Waals surface area contributed by atoms with Crippen LogP contribution in [0.5, 0.6) is 5.75 Å². The maximum Gasteiger partial charge on any atom is 0.261 e. The van der Waals surface area contributed by atoms with Crippen LogP contribution < -0.4 is 9.46 Å². The third kappa shape index (κ3) is 3.75. The van der Waals surface area contributed by atoms with Crippen molar-refractivity contribution in [2.75, 3.05) is 11.8 Å². The van der Waals surface area contributed by atoms with E-state index < -0.39 is 10.0 Å². The number of methoxy groups -OCH3 is 1. The van der Waals surface area contributed by atoms with Gasteiger partial charge in [0.25, 0.3) is 15.9 Å². The molecule has 3 aromatic rings. The lowest BCUT2D eigenvalue weighted by Crippen LogP contribution is -2.13. The fourth-order valence-corrected chi connectivity index (χ4v) is 3.56. The molecule has 0 amide bonds. The third-order valence-corrected chi connectivity index (χ3v) is 5.00. The van der Waals surface area contributed by atoms with Crippen LogP contribution in [0.4, 0.5) is 5.69 Å². The first-order valence-electron chi connectivity index (χ1n) is 7.16. The number of sulfonamides is 1. The Kier molecular flexibility index (Phi) is 4.65. The molecule has 3 rings (SSSR count). The van der Waals surface area contributed by atoms with Gasteiger partial charge in [-0.05, 0) is 43.3 Å². The van der Waals surface area contributed by atoms with Crippen molar-refractivity contribution in [2.24, 2.45) is 0 Å². The van der Waals surface area contributed by atoms with Gasteiger partial charge in [0.15, 0.2) is 5.82 Å². The van der Waals surface area contributed by atoms with Crippen LogP contribution in [0.1, 0.15) is 5.82 Å². The molecule has 0 bridgehead atoms. The number of benzene rings is 2. The zero-order valence-corrected chi connectivity index (χ0v) is 14.9. The fraction of sp³-hybridized carbons (Fsp3) is 0.125. The van der Waals surface area contributed by atoms with Crippen LogP contribution in [0.15, 0.2) is 51.9 Å². The van der Waals surface area contributed by atoms with Crippen molar-refractivity contribution in [3.8, 4) is 17.2 Å². The van der Waals surface area contributed by atoms with Gasteiger partial charge in [-0.2, -0.15) is 4.98 Å². The van der Waals surface area contributed by atoms with Crippen molar-refractivity contribution in [2.45, 2.75) is 11.8 Å². The van der Waals surface area contributed by atoms with E-state index in [0.717, 1.165) is 0 Å². The number of ether oxygens (including phenoxy) is 1. The smallest absolute Gasteiger partial charge is 0.261 e. The quantitative estimate of drug-likeness (QED) is 0.729. The van der Waals surface area contributed by atoms with E-state index in [0.29, 0.717) is 28.7 Å². The van der Waals surface area contributed by atoms with Crippen LogP contribution in [-0.4, -0.2) is 25.7 Å². The summed E-state index contributed by atoms with van der Waals surface area (Å²) in [6, 6.07) is 10.9. The summed E-state index contributed by atoms with van der Waals surface area (Å²) in [5, 5.41) is 3.93. The maximum atomic E-state index is 12.5. The molecule has 0 radical (unpaired) electrons. The summed E-state index contributed by atoms with van der Waals surface area (Å²) < 4.78 is 37.7. The molecule has 130 valence electrons. The molecule has 0 aliphatic rings. The van der Waals surface area contributed by atoms with Gasteiger partial charge in [0.2, 0.25) is 0 Å². The summed E-state index contributed by atoms with van der Waals surface area (Å²) in [5.41, 5.74) is 0.967. The Morgan fingerprint density at radius 3 is 2.64 bits per heavy atom. The number of hydrogen-bond acceptors (Lipinski definition) is 6. The topological polar surface area (TPSA) is 94.3 Å². The van der Waals surface area contributed by atoms with Crippen LogP contribution in [-0.2, 0) is 10.0 Å². The normalized spacial score (nSPS) is 11.3. The second kappa shape index (κ2) is 6.73. The summed E-state index contributed by atoms with van der Waals surface area (Å²) in [6.45, 7) is 1.70. The van der Waals surface area contributed by atoms with Crippen molar-refractivity contribution in [1.82, 2.24) is 10.1 Å². The molecule has 1 N–H and O–H groups in total. The first-order chi connectivity index (χ1) is 11.9. The van der Waals surface area contributed by atoms with E-state index in [-0.39, 0.29) is 9.92 Å². The highest BCUT2D eigenvalue weighted by molar-refractivity contribution is 7.92. The molecule has 0 atom stereocenters. The van der Waals surface area contributed by atoms with Crippen molar-refractivity contribution in [3.05, 3.63) is 53.3 Å². The molecule has 1 aromatic heterocycles. The van der Waals surface area contributed by atoms with Gasteiger partial charge in [0, 0.05) is 11.3 Å². The first-order valence-corrected chi connectivity index (χ1v) is 9.02. The molecular formula is C16H14ClN3O4S. The van der Waals surface area contributed by atoms with Gasteiger partial charge in [-0.1, -0.05) is 22.8 Å². The summed E-state index contributed by atoms with van der Waals surface area (Å²) in [5.74, 6) is 1.20. The molecule has 2 aromatic carbocycles. The number of aromatic nitrogens is 2. The first kappa shape index (κ1) is 17.2. The van der Waals surface area contributed by atoms with Crippen LogP contribution >= 0.6 is 11.6 Å². The Balaban J connectivity index is 1.89. The maximum absolute atomic E-state index is 12.5. The number of nitrogens with zero attached hydrogens (tertiary/aromatic N) is 2. The van der Waals surface area contributed by atoms with Crippen LogP contribution in [0, 0.1) is 6.92 Å². The number of aryl methyl sites for hydroxylation is 1. The number of halogens is 1. The number of anilines is 1. The molecule has 0 saturated carbocycles. The van der Waals surface area contributed by atoms with Crippen LogP contribution in [0.2, 0.25) is 5.02 Å². The molecule has 25 heavy (non-hydrogen) atoms. The number of hydrogen-bond donors (Lipinski definition) is 1. The van der Waals surface area contributed by atoms with E-state index in [1.54, 1.807) is 31.2 Å². The van der Waals surface area contributed by atoms with Gasteiger partial charge in [-0.25, -0.2) is 8.42 Å². The minimum atomic E-state index is -3.81. The summed E-state index contributed by atoms with van der Waals surface area (Å²) >= 11 is 6.00. The number of rotatable bonds is 5. The molecular weight excluding hydrogens is 366 g/mol. The van der Waals surface area contributed by atoms with E-state index in [1.165, 1.54) is 25.3 Å². The highest BCUT2D eigenvalue weighted by Gasteiger charge is 2.17. The molecule has 7 nitrogen and oxygen atoms in total. The van der Waals surface area contributed by atoms with Gasteiger partial charge >= 0.3 is 0 Å². The van der Waals surface area contributed by atoms with Gasteiger partial charge in [0.1, 0.15) is 5.75 Å². The van der Waals surface area contributed by atoms with Crippen LogP contribution in [0.3, 0.4) is 0 Å². The molecule has 0 saturated heterocycles. The van der Waals surface area contributed by atoms with Crippen LogP contribution in [0.25, 0.3) is 11.5 Å². The zero-order valence-electron chi connectivity index (χ0n) is 13.4. The van der Waals surface area contributed by atoms with E-state index >= 15 is 0 Å².